The first-order valence-electron chi connectivity index (χ1n) is 8.09. The van der Waals surface area contributed by atoms with E-state index in [1.807, 2.05) is 0 Å². The van der Waals surface area contributed by atoms with Crippen molar-refractivity contribution >= 4 is 5.78 Å². The maximum Gasteiger partial charge on any atom is 0.164 e. The van der Waals surface area contributed by atoms with Crippen LogP contribution in [0.5, 0.6) is 0 Å². The summed E-state index contributed by atoms with van der Waals surface area (Å²) in [5.41, 5.74) is 0.611. The molecule has 0 amide bonds. The molecule has 1 aromatic carbocycles. The molecule has 0 N–H and O–H groups in total. The molecule has 0 saturated heterocycles. The number of carbonyl (C=O) groups is 1. The highest BCUT2D eigenvalue weighted by molar-refractivity contribution is 5.96. The molecule has 0 atom stereocenters. The van der Waals surface area contributed by atoms with Gasteiger partial charge in [0, 0.05) is 24.6 Å². The number of hydrogen-bond acceptors (Lipinski definition) is 2. The summed E-state index contributed by atoms with van der Waals surface area (Å²) in [5, 5.41) is 0. The zero-order chi connectivity index (χ0) is 15.2. The number of rotatable bonds is 6. The van der Waals surface area contributed by atoms with Gasteiger partial charge in [0.15, 0.2) is 5.78 Å². The molecule has 1 fully saturated rings. The normalized spacial score (nSPS) is 22.5. The highest BCUT2D eigenvalue weighted by Gasteiger charge is 2.23. The van der Waals surface area contributed by atoms with E-state index >= 15 is 0 Å². The van der Waals surface area contributed by atoms with Gasteiger partial charge in [-0.15, -0.1) is 0 Å². The van der Waals surface area contributed by atoms with Crippen molar-refractivity contribution < 1.29 is 9.18 Å². The fraction of sp³-hybridized carbons (Fsp3) is 0.611. The molecule has 0 radical (unpaired) electrons. The van der Waals surface area contributed by atoms with Gasteiger partial charge in [0.25, 0.3) is 0 Å². The molecule has 116 valence electrons. The summed E-state index contributed by atoms with van der Waals surface area (Å²) < 4.78 is 12.8. The summed E-state index contributed by atoms with van der Waals surface area (Å²) in [7, 11) is 2.12. The van der Waals surface area contributed by atoms with Crippen LogP contribution in [-0.2, 0) is 0 Å². The molecule has 1 aromatic rings. The predicted octanol–water partition coefficient (Wildman–Crippen LogP) is 4.30. The molecule has 0 bridgehead atoms. The summed E-state index contributed by atoms with van der Waals surface area (Å²) in [6.07, 6.45) is 6.93. The van der Waals surface area contributed by atoms with E-state index in [1.165, 1.54) is 44.2 Å². The van der Waals surface area contributed by atoms with Crippen molar-refractivity contribution in [3.05, 3.63) is 35.6 Å². The van der Waals surface area contributed by atoms with E-state index in [0.29, 0.717) is 18.0 Å². The summed E-state index contributed by atoms with van der Waals surface area (Å²) in [5.74, 6) is 0.705. The minimum atomic E-state index is -0.295. The number of Topliss-reactive ketones (excluding diaryl/α,β-unsaturated/α-hetero) is 1. The molecule has 2 nitrogen and oxygen atoms in total. The van der Waals surface area contributed by atoms with Crippen LogP contribution in [0.25, 0.3) is 0 Å². The Morgan fingerprint density at radius 2 is 1.81 bits per heavy atom. The second-order valence-electron chi connectivity index (χ2n) is 6.24. The minimum absolute atomic E-state index is 0.101. The molecule has 1 aliphatic carbocycles. The Hall–Kier alpha value is -1.22. The van der Waals surface area contributed by atoms with Gasteiger partial charge in [0.2, 0.25) is 0 Å². The maximum atomic E-state index is 12.8. The van der Waals surface area contributed by atoms with Crippen LogP contribution in [-0.4, -0.2) is 30.3 Å². The second-order valence-corrected chi connectivity index (χ2v) is 6.24. The highest BCUT2D eigenvalue weighted by Crippen LogP contribution is 2.29. The third-order valence-electron chi connectivity index (χ3n) is 4.87. The second kappa shape index (κ2) is 7.69. The highest BCUT2D eigenvalue weighted by atomic mass is 19.1. The quantitative estimate of drug-likeness (QED) is 0.728. The molecular formula is C18H26FNO. The number of benzene rings is 1. The van der Waals surface area contributed by atoms with Gasteiger partial charge >= 0.3 is 0 Å². The SMILES string of the molecule is CCC1CCC(N(C)CCC(=O)c2ccc(F)cc2)CC1. The van der Waals surface area contributed by atoms with Crippen LogP contribution < -0.4 is 0 Å². The Bertz CT molecular complexity index is 449. The van der Waals surface area contributed by atoms with Crippen molar-refractivity contribution in [2.45, 2.75) is 51.5 Å². The smallest absolute Gasteiger partial charge is 0.164 e. The average Bonchev–Trinajstić information content (AvgIpc) is 2.53. The van der Waals surface area contributed by atoms with Crippen LogP contribution in [0, 0.1) is 11.7 Å². The molecule has 21 heavy (non-hydrogen) atoms. The molecule has 0 aliphatic heterocycles. The molecule has 0 aromatic heterocycles. The number of hydrogen-bond donors (Lipinski definition) is 0. The molecule has 0 heterocycles. The van der Waals surface area contributed by atoms with Gasteiger partial charge in [-0.25, -0.2) is 4.39 Å². The average molecular weight is 291 g/mol. The monoisotopic (exact) mass is 291 g/mol. The van der Waals surface area contributed by atoms with Crippen molar-refractivity contribution in [2.24, 2.45) is 5.92 Å². The molecule has 0 spiro atoms. The standard InChI is InChI=1S/C18H26FNO/c1-3-14-4-10-17(11-5-14)20(2)13-12-18(21)15-6-8-16(19)9-7-15/h6-9,14,17H,3-5,10-13H2,1-2H3. The number of carbonyl (C=O) groups excluding carboxylic acids is 1. The van der Waals surface area contributed by atoms with E-state index in [-0.39, 0.29) is 11.6 Å². The number of halogens is 1. The Balaban J connectivity index is 1.77. The summed E-state index contributed by atoms with van der Waals surface area (Å²) in [4.78, 5) is 14.4. The van der Waals surface area contributed by atoms with E-state index < -0.39 is 0 Å². The first-order chi connectivity index (χ1) is 10.1. The van der Waals surface area contributed by atoms with E-state index in [9.17, 15) is 9.18 Å². The van der Waals surface area contributed by atoms with Crippen LogP contribution in [0.15, 0.2) is 24.3 Å². The lowest BCUT2D eigenvalue weighted by Crippen LogP contribution is -2.36. The maximum absolute atomic E-state index is 12.8. The molecule has 2 rings (SSSR count). The molecule has 0 unspecified atom stereocenters. The summed E-state index contributed by atoms with van der Waals surface area (Å²) in [6, 6.07) is 6.47. The van der Waals surface area contributed by atoms with Crippen LogP contribution in [0.1, 0.15) is 55.8 Å². The van der Waals surface area contributed by atoms with Gasteiger partial charge in [0.1, 0.15) is 5.82 Å². The largest absolute Gasteiger partial charge is 0.303 e. The predicted molar refractivity (Wildman–Crippen MR) is 84.0 cm³/mol. The molecule has 1 saturated carbocycles. The fourth-order valence-corrected chi connectivity index (χ4v) is 3.23. The lowest BCUT2D eigenvalue weighted by molar-refractivity contribution is 0.0946. The van der Waals surface area contributed by atoms with Crippen molar-refractivity contribution in [3.63, 3.8) is 0 Å². The Labute approximate surface area is 127 Å². The van der Waals surface area contributed by atoms with Gasteiger partial charge in [-0.2, -0.15) is 0 Å². The number of ketones is 1. The van der Waals surface area contributed by atoms with Crippen LogP contribution in [0.4, 0.5) is 4.39 Å². The van der Waals surface area contributed by atoms with E-state index in [0.717, 1.165) is 12.5 Å². The van der Waals surface area contributed by atoms with Crippen LogP contribution >= 0.6 is 0 Å². The van der Waals surface area contributed by atoms with Crippen molar-refractivity contribution in [1.29, 1.82) is 0 Å². The van der Waals surface area contributed by atoms with E-state index in [4.69, 9.17) is 0 Å². The first-order valence-corrected chi connectivity index (χ1v) is 8.09. The molecular weight excluding hydrogens is 265 g/mol. The van der Waals surface area contributed by atoms with Gasteiger partial charge in [0.05, 0.1) is 0 Å². The topological polar surface area (TPSA) is 20.3 Å². The van der Waals surface area contributed by atoms with E-state index in [2.05, 4.69) is 18.9 Å². The van der Waals surface area contributed by atoms with Gasteiger partial charge in [-0.1, -0.05) is 13.3 Å². The van der Waals surface area contributed by atoms with Gasteiger partial charge < -0.3 is 4.90 Å². The van der Waals surface area contributed by atoms with Crippen molar-refractivity contribution in [1.82, 2.24) is 4.90 Å². The van der Waals surface area contributed by atoms with Crippen LogP contribution in [0.2, 0.25) is 0 Å². The Morgan fingerprint density at radius 3 is 2.38 bits per heavy atom. The molecule has 3 heteroatoms. The van der Waals surface area contributed by atoms with E-state index in [1.54, 1.807) is 12.1 Å². The fourth-order valence-electron chi connectivity index (χ4n) is 3.23. The summed E-state index contributed by atoms with van der Waals surface area (Å²) in [6.45, 7) is 3.06. The van der Waals surface area contributed by atoms with Crippen molar-refractivity contribution in [2.75, 3.05) is 13.6 Å². The zero-order valence-corrected chi connectivity index (χ0v) is 13.1. The first kappa shape index (κ1) is 16.2. The zero-order valence-electron chi connectivity index (χ0n) is 13.1. The Morgan fingerprint density at radius 1 is 1.19 bits per heavy atom. The minimum Gasteiger partial charge on any atom is -0.303 e. The third-order valence-corrected chi connectivity index (χ3v) is 4.87. The lowest BCUT2D eigenvalue weighted by atomic mass is 9.84. The van der Waals surface area contributed by atoms with Crippen molar-refractivity contribution in [3.8, 4) is 0 Å². The number of nitrogens with zero attached hydrogens (tertiary/aromatic N) is 1. The lowest BCUT2D eigenvalue weighted by Gasteiger charge is -2.34. The third kappa shape index (κ3) is 4.63. The van der Waals surface area contributed by atoms with Gasteiger partial charge in [-0.3, -0.25) is 4.79 Å². The summed E-state index contributed by atoms with van der Waals surface area (Å²) >= 11 is 0. The van der Waals surface area contributed by atoms with Gasteiger partial charge in [-0.05, 0) is 62.9 Å². The Kier molecular flexibility index (Phi) is 5.92. The van der Waals surface area contributed by atoms with Crippen LogP contribution in [0.3, 0.4) is 0 Å². The molecule has 1 aliphatic rings.